The highest BCUT2D eigenvalue weighted by Gasteiger charge is 2.13. The van der Waals surface area contributed by atoms with Crippen molar-refractivity contribution >= 4 is 23.2 Å². The zero-order valence-corrected chi connectivity index (χ0v) is 13.0. The molecule has 0 aliphatic rings. The van der Waals surface area contributed by atoms with Crippen molar-refractivity contribution in [2.75, 3.05) is 16.5 Å². The summed E-state index contributed by atoms with van der Waals surface area (Å²) in [7, 11) is 0. The molecule has 8 nitrogen and oxygen atoms in total. The SMILES string of the molecule is Nc1c(NCc2ccco2)ncnc1NNC(=O)c1ccccc1F. The number of nitrogens with two attached hydrogens (primary N) is 1. The average molecular weight is 342 g/mol. The second-order valence-corrected chi connectivity index (χ2v) is 4.98. The third-order valence-corrected chi connectivity index (χ3v) is 3.31. The molecule has 0 spiro atoms. The van der Waals surface area contributed by atoms with Gasteiger partial charge in [0.2, 0.25) is 0 Å². The molecule has 1 aromatic carbocycles. The highest BCUT2D eigenvalue weighted by molar-refractivity contribution is 5.95. The molecule has 0 radical (unpaired) electrons. The van der Waals surface area contributed by atoms with Gasteiger partial charge in [-0.1, -0.05) is 12.1 Å². The van der Waals surface area contributed by atoms with Gasteiger partial charge in [-0.3, -0.25) is 15.6 Å². The summed E-state index contributed by atoms with van der Waals surface area (Å²) in [4.78, 5) is 20.0. The number of hydrogen-bond donors (Lipinski definition) is 4. The van der Waals surface area contributed by atoms with Crippen LogP contribution < -0.4 is 21.9 Å². The number of carbonyl (C=O) groups excluding carboxylic acids is 1. The number of rotatable bonds is 6. The summed E-state index contributed by atoms with van der Waals surface area (Å²) in [5, 5.41) is 3.00. The molecule has 0 saturated carbocycles. The second kappa shape index (κ2) is 7.30. The number of amides is 1. The molecule has 0 bridgehead atoms. The summed E-state index contributed by atoms with van der Waals surface area (Å²) in [6, 6.07) is 9.20. The van der Waals surface area contributed by atoms with Crippen molar-refractivity contribution in [3.63, 3.8) is 0 Å². The normalized spacial score (nSPS) is 10.3. The quantitative estimate of drug-likeness (QED) is 0.507. The van der Waals surface area contributed by atoms with E-state index in [0.29, 0.717) is 18.1 Å². The minimum Gasteiger partial charge on any atom is -0.467 e. The van der Waals surface area contributed by atoms with E-state index in [-0.39, 0.29) is 17.1 Å². The number of benzene rings is 1. The average Bonchev–Trinajstić information content (AvgIpc) is 3.13. The van der Waals surface area contributed by atoms with Gasteiger partial charge in [-0.25, -0.2) is 14.4 Å². The summed E-state index contributed by atoms with van der Waals surface area (Å²) < 4.78 is 18.8. The van der Waals surface area contributed by atoms with Crippen molar-refractivity contribution in [3.8, 4) is 0 Å². The molecule has 0 fully saturated rings. The fourth-order valence-corrected chi connectivity index (χ4v) is 2.05. The predicted molar refractivity (Wildman–Crippen MR) is 90.0 cm³/mol. The van der Waals surface area contributed by atoms with Gasteiger partial charge in [0.25, 0.3) is 5.91 Å². The van der Waals surface area contributed by atoms with Crippen LogP contribution in [-0.4, -0.2) is 15.9 Å². The molecule has 128 valence electrons. The van der Waals surface area contributed by atoms with Crippen LogP contribution in [0.4, 0.5) is 21.7 Å². The maximum Gasteiger partial charge on any atom is 0.272 e. The minimum absolute atomic E-state index is 0.0983. The number of aromatic nitrogens is 2. The number of halogens is 1. The third kappa shape index (κ3) is 3.83. The molecular formula is C16H15FN6O2. The van der Waals surface area contributed by atoms with Gasteiger partial charge in [0, 0.05) is 0 Å². The van der Waals surface area contributed by atoms with Crippen molar-refractivity contribution < 1.29 is 13.6 Å². The number of anilines is 3. The van der Waals surface area contributed by atoms with Crippen LogP contribution in [0.1, 0.15) is 16.1 Å². The van der Waals surface area contributed by atoms with Crippen LogP contribution >= 0.6 is 0 Å². The molecule has 2 heterocycles. The summed E-state index contributed by atoms with van der Waals surface area (Å²) >= 11 is 0. The van der Waals surface area contributed by atoms with Gasteiger partial charge in [-0.05, 0) is 24.3 Å². The monoisotopic (exact) mass is 342 g/mol. The minimum atomic E-state index is -0.652. The van der Waals surface area contributed by atoms with Gasteiger partial charge in [0.1, 0.15) is 23.6 Å². The van der Waals surface area contributed by atoms with Gasteiger partial charge in [-0.15, -0.1) is 0 Å². The second-order valence-electron chi connectivity index (χ2n) is 4.98. The first-order valence-corrected chi connectivity index (χ1v) is 7.33. The molecule has 3 aromatic rings. The molecule has 0 saturated heterocycles. The maximum absolute atomic E-state index is 13.6. The Hall–Kier alpha value is -3.62. The Balaban J connectivity index is 1.65. The van der Waals surface area contributed by atoms with Crippen molar-refractivity contribution in [2.45, 2.75) is 6.54 Å². The van der Waals surface area contributed by atoms with Crippen LogP contribution in [0.15, 0.2) is 53.4 Å². The Labute approximate surface area is 142 Å². The fourth-order valence-electron chi connectivity index (χ4n) is 2.05. The van der Waals surface area contributed by atoms with E-state index in [1.807, 2.05) is 0 Å². The topological polar surface area (TPSA) is 118 Å². The Bertz CT molecular complexity index is 869. The maximum atomic E-state index is 13.6. The van der Waals surface area contributed by atoms with E-state index >= 15 is 0 Å². The number of hydrogen-bond acceptors (Lipinski definition) is 7. The summed E-state index contributed by atoms with van der Waals surface area (Å²) in [6.07, 6.45) is 2.84. The third-order valence-electron chi connectivity index (χ3n) is 3.31. The molecule has 5 N–H and O–H groups in total. The number of nitrogen functional groups attached to an aromatic ring is 1. The van der Waals surface area contributed by atoms with Crippen molar-refractivity contribution in [2.24, 2.45) is 0 Å². The van der Waals surface area contributed by atoms with E-state index in [1.165, 1.54) is 24.5 Å². The van der Waals surface area contributed by atoms with Gasteiger partial charge in [0.05, 0.1) is 18.4 Å². The number of nitrogens with one attached hydrogen (secondary N) is 3. The number of furan rings is 1. The lowest BCUT2D eigenvalue weighted by Gasteiger charge is -2.12. The highest BCUT2D eigenvalue weighted by Crippen LogP contribution is 2.22. The van der Waals surface area contributed by atoms with Crippen molar-refractivity contribution in [1.82, 2.24) is 15.4 Å². The first-order chi connectivity index (χ1) is 12.1. The first-order valence-electron chi connectivity index (χ1n) is 7.33. The van der Waals surface area contributed by atoms with Crippen LogP contribution in [0.2, 0.25) is 0 Å². The summed E-state index contributed by atoms with van der Waals surface area (Å²) in [6.45, 7) is 0.384. The molecule has 2 aromatic heterocycles. The standard InChI is InChI=1S/C16H15FN6O2/c17-12-6-2-1-5-11(12)16(24)23-22-15-13(18)14(20-9-21-15)19-8-10-4-3-7-25-10/h1-7,9H,8,18H2,(H,23,24)(H2,19,20,21,22). The molecule has 0 unspecified atom stereocenters. The lowest BCUT2D eigenvalue weighted by Crippen LogP contribution is -2.31. The van der Waals surface area contributed by atoms with Gasteiger partial charge in [0.15, 0.2) is 11.6 Å². The molecular weight excluding hydrogens is 327 g/mol. The lowest BCUT2D eigenvalue weighted by molar-refractivity contribution is 0.0958. The van der Waals surface area contributed by atoms with Crippen LogP contribution in [0.3, 0.4) is 0 Å². The molecule has 0 atom stereocenters. The predicted octanol–water partition coefficient (Wildman–Crippen LogP) is 2.16. The number of hydrazine groups is 1. The van der Waals surface area contributed by atoms with E-state index in [4.69, 9.17) is 10.2 Å². The molecule has 0 aliphatic carbocycles. The summed E-state index contributed by atoms with van der Waals surface area (Å²) in [5.41, 5.74) is 11.0. The highest BCUT2D eigenvalue weighted by atomic mass is 19.1. The van der Waals surface area contributed by atoms with Crippen LogP contribution in [0.5, 0.6) is 0 Å². The van der Waals surface area contributed by atoms with E-state index in [9.17, 15) is 9.18 Å². The van der Waals surface area contributed by atoms with E-state index < -0.39 is 11.7 Å². The molecule has 1 amide bonds. The van der Waals surface area contributed by atoms with E-state index in [1.54, 1.807) is 24.5 Å². The van der Waals surface area contributed by atoms with Crippen molar-refractivity contribution in [3.05, 3.63) is 66.1 Å². The molecule has 9 heteroatoms. The van der Waals surface area contributed by atoms with Crippen molar-refractivity contribution in [1.29, 1.82) is 0 Å². The lowest BCUT2D eigenvalue weighted by atomic mass is 10.2. The Morgan fingerprint density at radius 1 is 1.16 bits per heavy atom. The number of carbonyl (C=O) groups is 1. The van der Waals surface area contributed by atoms with Gasteiger partial charge >= 0.3 is 0 Å². The Morgan fingerprint density at radius 3 is 2.72 bits per heavy atom. The summed E-state index contributed by atoms with van der Waals surface area (Å²) in [5.74, 6) is -0.0180. The molecule has 25 heavy (non-hydrogen) atoms. The number of nitrogens with zero attached hydrogens (tertiary/aromatic N) is 2. The van der Waals surface area contributed by atoms with Crippen LogP contribution in [-0.2, 0) is 6.54 Å². The molecule has 0 aliphatic heterocycles. The van der Waals surface area contributed by atoms with Gasteiger partial charge in [-0.2, -0.15) is 0 Å². The first kappa shape index (κ1) is 16.2. The zero-order valence-electron chi connectivity index (χ0n) is 13.0. The zero-order chi connectivity index (χ0) is 17.6. The molecule has 3 rings (SSSR count). The van der Waals surface area contributed by atoms with E-state index in [2.05, 4.69) is 26.1 Å². The fraction of sp³-hybridized carbons (Fsp3) is 0.0625. The van der Waals surface area contributed by atoms with Crippen LogP contribution in [0, 0.1) is 5.82 Å². The largest absolute Gasteiger partial charge is 0.467 e. The Morgan fingerprint density at radius 2 is 1.96 bits per heavy atom. The van der Waals surface area contributed by atoms with Crippen LogP contribution in [0.25, 0.3) is 0 Å². The smallest absolute Gasteiger partial charge is 0.272 e. The Kier molecular flexibility index (Phi) is 4.74. The van der Waals surface area contributed by atoms with E-state index in [0.717, 1.165) is 0 Å². The van der Waals surface area contributed by atoms with Gasteiger partial charge < -0.3 is 15.5 Å².